The van der Waals surface area contributed by atoms with Gasteiger partial charge in [-0.3, -0.25) is 0 Å². The molecule has 0 fully saturated rings. The minimum atomic E-state index is -5.66. The van der Waals surface area contributed by atoms with E-state index in [-0.39, 0.29) is 0 Å². The van der Waals surface area contributed by atoms with E-state index in [0.29, 0.717) is 34.6 Å². The molecule has 4 aromatic carbocycles. The second kappa shape index (κ2) is 11.5. The number of hydrogen-bond donors (Lipinski definition) is 2. The molecule has 0 heterocycles. The van der Waals surface area contributed by atoms with Crippen LogP contribution in [0.15, 0.2) is 97.1 Å². The predicted octanol–water partition coefficient (Wildman–Crippen LogP) is 10.8. The second-order valence-corrected chi connectivity index (χ2v) is 10.7. The fourth-order valence-electron chi connectivity index (χ4n) is 4.83. The van der Waals surface area contributed by atoms with Crippen LogP contribution in [-0.4, -0.2) is 12.4 Å². The van der Waals surface area contributed by atoms with Crippen LogP contribution in [0.1, 0.15) is 61.8 Å². The number of benzene rings is 4. The molecule has 0 amide bonds. The first-order valence-corrected chi connectivity index (χ1v) is 13.3. The van der Waals surface area contributed by atoms with Crippen LogP contribution in [0.4, 0.5) is 49.1 Å². The zero-order valence-electron chi connectivity index (χ0n) is 23.2. The van der Waals surface area contributed by atoms with E-state index in [1.807, 2.05) is 76.2 Å². The van der Waals surface area contributed by atoms with Gasteiger partial charge in [-0.05, 0) is 82.6 Å². The minimum Gasteiger partial charge on any atom is -0.356 e. The third-order valence-corrected chi connectivity index (χ3v) is 7.22. The average Bonchev–Trinajstić information content (AvgIpc) is 2.90. The molecule has 41 heavy (non-hydrogen) atoms. The zero-order chi connectivity index (χ0) is 30.0. The largest absolute Gasteiger partial charge is 0.411 e. The van der Waals surface area contributed by atoms with Crippen molar-refractivity contribution in [3.05, 3.63) is 119 Å². The third kappa shape index (κ3) is 6.21. The van der Waals surface area contributed by atoms with Crippen molar-refractivity contribution in [1.29, 1.82) is 0 Å². The highest BCUT2D eigenvalue weighted by atomic mass is 19.4. The predicted molar refractivity (Wildman–Crippen MR) is 153 cm³/mol. The molecule has 0 saturated heterocycles. The molecule has 0 aliphatic carbocycles. The van der Waals surface area contributed by atoms with E-state index in [9.17, 15) is 26.3 Å². The highest BCUT2D eigenvalue weighted by Gasteiger charge is 2.72. The first-order chi connectivity index (χ1) is 19.2. The molecular formula is C33H32F6N2. The maximum absolute atomic E-state index is 14.6. The normalized spacial score (nSPS) is 12.6. The fraction of sp³-hybridized carbons (Fsp3) is 0.273. The maximum atomic E-state index is 14.6. The smallest absolute Gasteiger partial charge is 0.356 e. The number of halogens is 6. The van der Waals surface area contributed by atoms with E-state index in [0.717, 1.165) is 35.4 Å². The number of rotatable bonds is 8. The summed E-state index contributed by atoms with van der Waals surface area (Å²) in [5, 5.41) is 6.07. The Balaban J connectivity index is 1.66. The van der Waals surface area contributed by atoms with E-state index < -0.39 is 28.9 Å². The second-order valence-electron chi connectivity index (χ2n) is 10.7. The van der Waals surface area contributed by atoms with Crippen LogP contribution in [0.3, 0.4) is 0 Å². The Kier molecular flexibility index (Phi) is 8.43. The number of alkyl halides is 6. The molecule has 0 atom stereocenters. The lowest BCUT2D eigenvalue weighted by Gasteiger charge is -2.38. The Morgan fingerprint density at radius 2 is 0.659 bits per heavy atom. The van der Waals surface area contributed by atoms with Gasteiger partial charge in [-0.1, -0.05) is 76.2 Å². The van der Waals surface area contributed by atoms with Crippen molar-refractivity contribution in [2.75, 3.05) is 10.6 Å². The number of nitrogens with one attached hydrogen (secondary N) is 2. The van der Waals surface area contributed by atoms with Gasteiger partial charge in [0.05, 0.1) is 0 Å². The van der Waals surface area contributed by atoms with Crippen LogP contribution >= 0.6 is 0 Å². The van der Waals surface area contributed by atoms with Crippen molar-refractivity contribution in [3.8, 4) is 0 Å². The molecule has 0 unspecified atom stereocenters. The van der Waals surface area contributed by atoms with Crippen molar-refractivity contribution in [1.82, 2.24) is 0 Å². The number of hydrogen-bond acceptors (Lipinski definition) is 2. The molecular weight excluding hydrogens is 538 g/mol. The van der Waals surface area contributed by atoms with E-state index in [2.05, 4.69) is 10.6 Å². The molecule has 0 saturated carbocycles. The van der Waals surface area contributed by atoms with Crippen LogP contribution in [0, 0.1) is 0 Å². The lowest BCUT2D eigenvalue weighted by molar-refractivity contribution is -0.288. The maximum Gasteiger partial charge on any atom is 0.411 e. The molecule has 0 bridgehead atoms. The lowest BCUT2D eigenvalue weighted by atomic mass is 9.73. The Morgan fingerprint density at radius 1 is 0.415 bits per heavy atom. The molecule has 8 heteroatoms. The molecule has 0 aliphatic heterocycles. The standard InChI is InChI=1S/C33H32F6N2/c1-21(2)23-5-13-27(14-6-23)40-29-17-9-25(10-18-29)31(32(34,35)36,33(37,38)39)26-11-19-30(20-12-26)41-28-15-7-24(8-16-28)22(3)4/h5-22,40-41H,1-4H3. The highest BCUT2D eigenvalue weighted by Crippen LogP contribution is 2.56. The number of anilines is 4. The van der Waals surface area contributed by atoms with Crippen molar-refractivity contribution in [3.63, 3.8) is 0 Å². The van der Waals surface area contributed by atoms with Crippen LogP contribution in [-0.2, 0) is 5.41 Å². The van der Waals surface area contributed by atoms with Crippen LogP contribution in [0.5, 0.6) is 0 Å². The molecule has 2 nitrogen and oxygen atoms in total. The van der Waals surface area contributed by atoms with Gasteiger partial charge >= 0.3 is 12.4 Å². The molecule has 0 aliphatic rings. The van der Waals surface area contributed by atoms with Gasteiger partial charge in [-0.2, -0.15) is 26.3 Å². The first kappa shape index (κ1) is 30.0. The first-order valence-electron chi connectivity index (χ1n) is 13.3. The van der Waals surface area contributed by atoms with Crippen LogP contribution in [0.25, 0.3) is 0 Å². The summed E-state index contributed by atoms with van der Waals surface area (Å²) in [6.45, 7) is 8.18. The SMILES string of the molecule is CC(C)c1ccc(Nc2ccc(C(c3ccc(Nc4ccc(C(C)C)cc4)cc3)(C(F)(F)F)C(F)(F)F)cc2)cc1. The fourth-order valence-corrected chi connectivity index (χ4v) is 4.83. The highest BCUT2D eigenvalue weighted by molar-refractivity contribution is 5.63. The average molecular weight is 571 g/mol. The van der Waals surface area contributed by atoms with E-state index in [1.54, 1.807) is 0 Å². The Bertz CT molecular complexity index is 1310. The van der Waals surface area contributed by atoms with E-state index in [1.165, 1.54) is 24.3 Å². The van der Waals surface area contributed by atoms with Gasteiger partial charge in [0.15, 0.2) is 0 Å². The summed E-state index contributed by atoms with van der Waals surface area (Å²) in [6, 6.07) is 23.4. The molecule has 2 N–H and O–H groups in total. The van der Waals surface area contributed by atoms with Gasteiger partial charge in [0.1, 0.15) is 0 Å². The van der Waals surface area contributed by atoms with Gasteiger partial charge in [-0.25, -0.2) is 0 Å². The monoisotopic (exact) mass is 570 g/mol. The summed E-state index contributed by atoms with van der Waals surface area (Å²) in [4.78, 5) is 0. The topological polar surface area (TPSA) is 24.1 Å². The molecule has 4 aromatic rings. The van der Waals surface area contributed by atoms with Crippen molar-refractivity contribution >= 4 is 22.7 Å². The quantitative estimate of drug-likeness (QED) is 0.206. The third-order valence-electron chi connectivity index (χ3n) is 7.22. The van der Waals surface area contributed by atoms with Crippen molar-refractivity contribution in [2.24, 2.45) is 0 Å². The van der Waals surface area contributed by atoms with Crippen molar-refractivity contribution < 1.29 is 26.3 Å². The van der Waals surface area contributed by atoms with Gasteiger partial charge in [-0.15, -0.1) is 0 Å². The van der Waals surface area contributed by atoms with Crippen LogP contribution in [0.2, 0.25) is 0 Å². The molecule has 0 spiro atoms. The van der Waals surface area contributed by atoms with Crippen LogP contribution < -0.4 is 10.6 Å². The lowest BCUT2D eigenvalue weighted by Crippen LogP contribution is -2.54. The molecule has 216 valence electrons. The van der Waals surface area contributed by atoms with Gasteiger partial charge in [0, 0.05) is 22.7 Å². The summed E-state index contributed by atoms with van der Waals surface area (Å²) < 4.78 is 87.6. The summed E-state index contributed by atoms with van der Waals surface area (Å²) >= 11 is 0. The molecule has 0 radical (unpaired) electrons. The van der Waals surface area contributed by atoms with Crippen molar-refractivity contribution in [2.45, 2.75) is 57.3 Å². The summed E-state index contributed by atoms with van der Waals surface area (Å²) in [5.74, 6) is 0.643. The van der Waals surface area contributed by atoms with E-state index in [4.69, 9.17) is 0 Å². The summed E-state index contributed by atoms with van der Waals surface area (Å²) in [6.07, 6.45) is -11.3. The van der Waals surface area contributed by atoms with E-state index >= 15 is 0 Å². The Labute approximate surface area is 236 Å². The van der Waals surface area contributed by atoms with Gasteiger partial charge < -0.3 is 10.6 Å². The molecule has 4 rings (SSSR count). The Morgan fingerprint density at radius 3 is 0.878 bits per heavy atom. The van der Waals surface area contributed by atoms with Gasteiger partial charge in [0.2, 0.25) is 5.41 Å². The summed E-state index contributed by atoms with van der Waals surface area (Å²) in [7, 11) is 0. The summed E-state index contributed by atoms with van der Waals surface area (Å²) in [5.41, 5.74) is -1.75. The molecule has 0 aromatic heterocycles. The minimum absolute atomic E-state index is 0.322. The Hall–Kier alpha value is -3.94. The van der Waals surface area contributed by atoms with Gasteiger partial charge in [0.25, 0.3) is 0 Å². The zero-order valence-corrected chi connectivity index (χ0v) is 23.2.